The van der Waals surface area contributed by atoms with Crippen LogP contribution in [0.3, 0.4) is 0 Å². The highest BCUT2D eigenvalue weighted by Crippen LogP contribution is 2.39. The third-order valence-electron chi connectivity index (χ3n) is 4.51. The molecule has 25 heavy (non-hydrogen) atoms. The lowest BCUT2D eigenvalue weighted by molar-refractivity contribution is 0.00578. The normalized spacial score (nSPS) is 19.6. The zero-order valence-electron chi connectivity index (χ0n) is 14.6. The maximum absolute atomic E-state index is 13.9. The first-order valence-corrected chi connectivity index (χ1v) is 7.65. The first kappa shape index (κ1) is 19.9. The van der Waals surface area contributed by atoms with Crippen LogP contribution in [0.1, 0.15) is 33.3 Å². The van der Waals surface area contributed by atoms with Crippen molar-refractivity contribution in [1.29, 1.82) is 0 Å². The van der Waals surface area contributed by atoms with Crippen LogP contribution in [0.5, 0.6) is 0 Å². The standard InChI is InChI=1S/C16H19BF5NO2/c1-15(2)16(3,4)25-17(24-15)8(7-23-5)6-9-10(18)12(20)14(22)13(21)11(9)19/h6,23H,7H2,1-5H3. The maximum Gasteiger partial charge on any atom is 0.491 e. The van der Waals surface area contributed by atoms with Gasteiger partial charge in [-0.2, -0.15) is 0 Å². The summed E-state index contributed by atoms with van der Waals surface area (Å²) in [7, 11) is 0.574. The number of halogens is 5. The Bertz CT molecular complexity index is 676. The number of hydrogen-bond donors (Lipinski definition) is 1. The van der Waals surface area contributed by atoms with Crippen molar-refractivity contribution >= 4 is 13.2 Å². The summed E-state index contributed by atoms with van der Waals surface area (Å²) >= 11 is 0. The fourth-order valence-electron chi connectivity index (χ4n) is 2.33. The first-order chi connectivity index (χ1) is 11.4. The summed E-state index contributed by atoms with van der Waals surface area (Å²) < 4.78 is 79.4. The Balaban J connectivity index is 2.53. The molecule has 0 spiro atoms. The lowest BCUT2D eigenvalue weighted by Crippen LogP contribution is -2.41. The van der Waals surface area contributed by atoms with Gasteiger partial charge < -0.3 is 14.6 Å². The van der Waals surface area contributed by atoms with Gasteiger partial charge in [0.25, 0.3) is 0 Å². The van der Waals surface area contributed by atoms with Gasteiger partial charge in [-0.05, 0) is 40.2 Å². The molecule has 1 heterocycles. The largest absolute Gasteiger partial charge is 0.491 e. The van der Waals surface area contributed by atoms with Crippen LogP contribution in [-0.4, -0.2) is 31.9 Å². The van der Waals surface area contributed by atoms with E-state index >= 15 is 0 Å². The van der Waals surface area contributed by atoms with Crippen LogP contribution < -0.4 is 5.32 Å². The van der Waals surface area contributed by atoms with Crippen LogP contribution in [0.15, 0.2) is 5.47 Å². The maximum atomic E-state index is 13.9. The highest BCUT2D eigenvalue weighted by Gasteiger charge is 2.52. The minimum atomic E-state index is -2.20. The Morgan fingerprint density at radius 2 is 1.28 bits per heavy atom. The smallest absolute Gasteiger partial charge is 0.400 e. The van der Waals surface area contributed by atoms with Crippen molar-refractivity contribution in [3.05, 3.63) is 40.1 Å². The van der Waals surface area contributed by atoms with Gasteiger partial charge in [-0.3, -0.25) is 0 Å². The summed E-state index contributed by atoms with van der Waals surface area (Å²) in [6.07, 6.45) is 0.870. The van der Waals surface area contributed by atoms with Gasteiger partial charge in [0.2, 0.25) is 5.82 Å². The Labute approximate surface area is 143 Å². The van der Waals surface area contributed by atoms with Gasteiger partial charge in [-0.15, -0.1) is 0 Å². The predicted molar refractivity (Wildman–Crippen MR) is 84.2 cm³/mol. The quantitative estimate of drug-likeness (QED) is 0.384. The van der Waals surface area contributed by atoms with E-state index in [1.54, 1.807) is 34.7 Å². The van der Waals surface area contributed by atoms with E-state index in [0.717, 1.165) is 6.08 Å². The second-order valence-electron chi connectivity index (χ2n) is 6.82. The average Bonchev–Trinajstić information content (AvgIpc) is 2.74. The van der Waals surface area contributed by atoms with Gasteiger partial charge in [-0.25, -0.2) is 22.0 Å². The van der Waals surface area contributed by atoms with E-state index in [9.17, 15) is 22.0 Å². The van der Waals surface area contributed by atoms with Gasteiger partial charge >= 0.3 is 7.12 Å². The van der Waals surface area contributed by atoms with Crippen LogP contribution in [0, 0.1) is 29.1 Å². The molecular formula is C16H19BF5NO2. The van der Waals surface area contributed by atoms with E-state index in [2.05, 4.69) is 5.32 Å². The van der Waals surface area contributed by atoms with Crippen molar-refractivity contribution in [2.45, 2.75) is 38.9 Å². The summed E-state index contributed by atoms with van der Waals surface area (Å²) in [5, 5.41) is 2.76. The Morgan fingerprint density at radius 1 is 0.880 bits per heavy atom. The zero-order chi connectivity index (χ0) is 19.2. The monoisotopic (exact) mass is 363 g/mol. The van der Waals surface area contributed by atoms with Gasteiger partial charge in [0.15, 0.2) is 23.3 Å². The van der Waals surface area contributed by atoms with Gasteiger partial charge in [0.1, 0.15) is 0 Å². The number of hydrogen-bond acceptors (Lipinski definition) is 3. The third-order valence-corrected chi connectivity index (χ3v) is 4.51. The zero-order valence-corrected chi connectivity index (χ0v) is 14.6. The van der Waals surface area contributed by atoms with E-state index in [0.29, 0.717) is 0 Å². The van der Waals surface area contributed by atoms with Crippen LogP contribution in [0.25, 0.3) is 6.08 Å². The second-order valence-corrected chi connectivity index (χ2v) is 6.82. The number of benzene rings is 1. The van der Waals surface area contributed by atoms with E-state index in [1.165, 1.54) is 0 Å². The number of rotatable bonds is 4. The second kappa shape index (κ2) is 6.70. The van der Waals surface area contributed by atoms with Crippen LogP contribution in [0.4, 0.5) is 22.0 Å². The first-order valence-electron chi connectivity index (χ1n) is 7.65. The van der Waals surface area contributed by atoms with E-state index in [4.69, 9.17) is 9.31 Å². The molecule has 0 saturated carbocycles. The van der Waals surface area contributed by atoms with E-state index in [-0.39, 0.29) is 12.0 Å². The van der Waals surface area contributed by atoms with E-state index in [1.807, 2.05) is 0 Å². The van der Waals surface area contributed by atoms with Crippen molar-refractivity contribution in [3.63, 3.8) is 0 Å². The summed E-state index contributed by atoms with van der Waals surface area (Å²) in [6.45, 7) is 7.19. The molecule has 0 aliphatic carbocycles. The average molecular weight is 363 g/mol. The van der Waals surface area contributed by atoms with Crippen molar-refractivity contribution in [2.75, 3.05) is 13.6 Å². The molecular weight excluding hydrogens is 344 g/mol. The molecule has 0 radical (unpaired) electrons. The highest BCUT2D eigenvalue weighted by atomic mass is 19.2. The molecule has 0 aromatic heterocycles. The Hall–Kier alpha value is -1.45. The summed E-state index contributed by atoms with van der Waals surface area (Å²) in [5.41, 5.74) is -2.28. The molecule has 2 rings (SSSR count). The molecule has 138 valence electrons. The fraction of sp³-hybridized carbons (Fsp3) is 0.500. The Morgan fingerprint density at radius 3 is 1.68 bits per heavy atom. The SMILES string of the molecule is CNCC(=Cc1c(F)c(F)c(F)c(F)c1F)B1OC(C)(C)C(C)(C)O1. The van der Waals surface area contributed by atoms with Gasteiger partial charge in [0.05, 0.1) is 16.8 Å². The molecule has 0 unspecified atom stereocenters. The number of likely N-dealkylation sites (N-methyl/N-ethyl adjacent to an activating group) is 1. The molecule has 1 aliphatic heterocycles. The minimum Gasteiger partial charge on any atom is -0.400 e. The molecule has 0 amide bonds. The molecule has 1 aromatic rings. The molecule has 0 bridgehead atoms. The highest BCUT2D eigenvalue weighted by molar-refractivity contribution is 6.55. The molecule has 1 aliphatic rings. The molecule has 1 N–H and O–H groups in total. The van der Waals surface area contributed by atoms with Crippen molar-refractivity contribution in [3.8, 4) is 0 Å². The molecule has 3 nitrogen and oxygen atoms in total. The minimum absolute atomic E-state index is 0.0658. The Kier molecular flexibility index (Phi) is 5.32. The van der Waals surface area contributed by atoms with Crippen LogP contribution in [0.2, 0.25) is 0 Å². The molecule has 9 heteroatoms. The lowest BCUT2D eigenvalue weighted by atomic mass is 9.77. The number of nitrogens with one attached hydrogen (secondary N) is 1. The molecule has 1 aromatic carbocycles. The lowest BCUT2D eigenvalue weighted by Gasteiger charge is -2.32. The molecule has 0 atom stereocenters. The summed E-state index contributed by atoms with van der Waals surface area (Å²) in [5.74, 6) is -9.99. The van der Waals surface area contributed by atoms with Crippen molar-refractivity contribution in [2.24, 2.45) is 0 Å². The molecule has 1 fully saturated rings. The van der Waals surface area contributed by atoms with Gasteiger partial charge in [-0.1, -0.05) is 6.08 Å². The topological polar surface area (TPSA) is 30.5 Å². The fourth-order valence-corrected chi connectivity index (χ4v) is 2.33. The third kappa shape index (κ3) is 3.45. The van der Waals surface area contributed by atoms with Gasteiger partial charge in [0, 0.05) is 6.54 Å². The molecule has 1 saturated heterocycles. The predicted octanol–water partition coefficient (Wildman–Crippen LogP) is 3.62. The summed E-state index contributed by atoms with van der Waals surface area (Å²) in [4.78, 5) is 0. The van der Waals surface area contributed by atoms with Crippen LogP contribution >= 0.6 is 0 Å². The van der Waals surface area contributed by atoms with Crippen molar-refractivity contribution < 1.29 is 31.3 Å². The summed E-state index contributed by atoms with van der Waals surface area (Å²) in [6, 6.07) is 0. The van der Waals surface area contributed by atoms with Crippen molar-refractivity contribution in [1.82, 2.24) is 5.32 Å². The van der Waals surface area contributed by atoms with Crippen LogP contribution in [-0.2, 0) is 9.31 Å². The van der Waals surface area contributed by atoms with E-state index < -0.39 is 53.0 Å².